The molecular formula is C16H19NO4. The van der Waals surface area contributed by atoms with Crippen molar-refractivity contribution in [2.75, 3.05) is 7.11 Å². The van der Waals surface area contributed by atoms with Crippen LogP contribution in [0.5, 0.6) is 5.75 Å². The summed E-state index contributed by atoms with van der Waals surface area (Å²) in [5.41, 5.74) is 1.82. The predicted molar refractivity (Wildman–Crippen MR) is 77.0 cm³/mol. The van der Waals surface area contributed by atoms with E-state index in [1.165, 1.54) is 7.11 Å². The van der Waals surface area contributed by atoms with Gasteiger partial charge in [0.25, 0.3) is 0 Å². The van der Waals surface area contributed by atoms with Gasteiger partial charge in [0.15, 0.2) is 0 Å². The first kappa shape index (κ1) is 13.9. The van der Waals surface area contributed by atoms with E-state index in [0.717, 1.165) is 30.5 Å². The van der Waals surface area contributed by atoms with Gasteiger partial charge in [-0.15, -0.1) is 0 Å². The van der Waals surface area contributed by atoms with E-state index in [9.17, 15) is 9.90 Å². The van der Waals surface area contributed by atoms with E-state index in [-0.39, 0.29) is 29.7 Å². The Morgan fingerprint density at radius 3 is 2.81 bits per heavy atom. The molecule has 0 radical (unpaired) electrons. The van der Waals surface area contributed by atoms with E-state index < -0.39 is 0 Å². The van der Waals surface area contributed by atoms with Crippen LogP contribution in [0.2, 0.25) is 0 Å². The van der Waals surface area contributed by atoms with Gasteiger partial charge >= 0.3 is 5.97 Å². The number of rotatable bonds is 3. The monoisotopic (exact) mass is 289 g/mol. The van der Waals surface area contributed by atoms with Gasteiger partial charge in [0.05, 0.1) is 18.7 Å². The van der Waals surface area contributed by atoms with Crippen molar-refractivity contribution in [2.45, 2.75) is 31.8 Å². The number of phenols is 1. The van der Waals surface area contributed by atoms with Crippen LogP contribution in [0.25, 0.3) is 0 Å². The third kappa shape index (κ3) is 2.73. The minimum Gasteiger partial charge on any atom is -0.508 e. The van der Waals surface area contributed by atoms with Crippen molar-refractivity contribution >= 4 is 11.7 Å². The number of esters is 1. The third-order valence-electron chi connectivity index (χ3n) is 4.44. The molecule has 1 aromatic carbocycles. The lowest BCUT2D eigenvalue weighted by Crippen LogP contribution is -2.30. The molecular weight excluding hydrogens is 270 g/mol. The number of oxime groups is 1. The Labute approximate surface area is 123 Å². The lowest BCUT2D eigenvalue weighted by Gasteiger charge is -2.21. The molecule has 1 N–H and O–H groups in total. The van der Waals surface area contributed by atoms with Gasteiger partial charge in [0.1, 0.15) is 11.9 Å². The maximum absolute atomic E-state index is 11.8. The van der Waals surface area contributed by atoms with Gasteiger partial charge < -0.3 is 14.7 Å². The third-order valence-corrected chi connectivity index (χ3v) is 4.44. The Morgan fingerprint density at radius 1 is 1.33 bits per heavy atom. The van der Waals surface area contributed by atoms with E-state index >= 15 is 0 Å². The first-order valence-corrected chi connectivity index (χ1v) is 7.29. The summed E-state index contributed by atoms with van der Waals surface area (Å²) in [6.07, 6.45) is 3.51. The van der Waals surface area contributed by atoms with Gasteiger partial charge in [-0.2, -0.15) is 0 Å². The van der Waals surface area contributed by atoms with Gasteiger partial charge in [-0.25, -0.2) is 0 Å². The SMILES string of the molecule is COC(=O)[C@@H]1CCC[C@@H]1C1CC(c2ccc(O)cc2)=NO1. The molecule has 3 atom stereocenters. The Kier molecular flexibility index (Phi) is 3.82. The molecule has 5 heteroatoms. The second-order valence-electron chi connectivity index (χ2n) is 5.66. The van der Waals surface area contributed by atoms with E-state index in [4.69, 9.17) is 9.57 Å². The molecule has 5 nitrogen and oxygen atoms in total. The van der Waals surface area contributed by atoms with Crippen LogP contribution in [-0.4, -0.2) is 30.0 Å². The molecule has 3 rings (SSSR count). The van der Waals surface area contributed by atoms with Crippen LogP contribution in [0, 0.1) is 11.8 Å². The highest BCUT2D eigenvalue weighted by molar-refractivity contribution is 6.01. The normalized spacial score (nSPS) is 28.0. The van der Waals surface area contributed by atoms with Crippen molar-refractivity contribution in [3.05, 3.63) is 29.8 Å². The van der Waals surface area contributed by atoms with Crippen LogP contribution < -0.4 is 0 Å². The minimum atomic E-state index is -0.140. The maximum Gasteiger partial charge on any atom is 0.309 e. The summed E-state index contributed by atoms with van der Waals surface area (Å²) in [7, 11) is 1.44. The zero-order chi connectivity index (χ0) is 14.8. The molecule has 1 aliphatic heterocycles. The standard InChI is InChI=1S/C16H19NO4/c1-20-16(19)13-4-2-3-12(13)15-9-14(17-21-15)10-5-7-11(18)8-6-10/h5-8,12-13,15,18H,2-4,9H2,1H3/t12-,13+,15?/m0/s1. The second kappa shape index (κ2) is 5.76. The van der Waals surface area contributed by atoms with Crippen LogP contribution in [0.1, 0.15) is 31.2 Å². The quantitative estimate of drug-likeness (QED) is 0.868. The zero-order valence-corrected chi connectivity index (χ0v) is 12.0. The lowest BCUT2D eigenvalue weighted by molar-refractivity contribution is -0.148. The van der Waals surface area contributed by atoms with Crippen LogP contribution in [-0.2, 0) is 14.4 Å². The molecule has 112 valence electrons. The summed E-state index contributed by atoms with van der Waals surface area (Å²) in [6.45, 7) is 0. The van der Waals surface area contributed by atoms with E-state index in [2.05, 4.69) is 5.16 Å². The molecule has 1 fully saturated rings. The summed E-state index contributed by atoms with van der Waals surface area (Å²) in [4.78, 5) is 17.4. The number of carbonyl (C=O) groups excluding carboxylic acids is 1. The number of aromatic hydroxyl groups is 1. The summed E-state index contributed by atoms with van der Waals surface area (Å²) in [5.74, 6) is 0.195. The fourth-order valence-electron chi connectivity index (χ4n) is 3.33. The summed E-state index contributed by atoms with van der Waals surface area (Å²) >= 11 is 0. The number of nitrogens with zero attached hydrogens (tertiary/aromatic N) is 1. The Morgan fingerprint density at radius 2 is 2.10 bits per heavy atom. The van der Waals surface area contributed by atoms with Crippen molar-refractivity contribution in [3.8, 4) is 5.75 Å². The van der Waals surface area contributed by atoms with Crippen molar-refractivity contribution in [1.29, 1.82) is 0 Å². The van der Waals surface area contributed by atoms with Crippen molar-refractivity contribution in [2.24, 2.45) is 17.0 Å². The molecule has 0 spiro atoms. The molecule has 1 unspecified atom stereocenters. The lowest BCUT2D eigenvalue weighted by atomic mass is 9.87. The average Bonchev–Trinajstić information content (AvgIpc) is 3.15. The predicted octanol–water partition coefficient (Wildman–Crippen LogP) is 2.47. The number of ether oxygens (including phenoxy) is 1. The van der Waals surface area contributed by atoms with Gasteiger partial charge in [0, 0.05) is 12.3 Å². The molecule has 21 heavy (non-hydrogen) atoms. The van der Waals surface area contributed by atoms with Gasteiger partial charge in [-0.05, 0) is 42.7 Å². The summed E-state index contributed by atoms with van der Waals surface area (Å²) < 4.78 is 4.89. The summed E-state index contributed by atoms with van der Waals surface area (Å²) in [6, 6.07) is 6.93. The Balaban J connectivity index is 1.68. The highest BCUT2D eigenvalue weighted by Crippen LogP contribution is 2.39. The van der Waals surface area contributed by atoms with E-state index in [1.54, 1.807) is 12.1 Å². The smallest absolute Gasteiger partial charge is 0.309 e. The molecule has 0 aromatic heterocycles. The van der Waals surface area contributed by atoms with Gasteiger partial charge in [0.2, 0.25) is 0 Å². The second-order valence-corrected chi connectivity index (χ2v) is 5.66. The number of hydrogen-bond donors (Lipinski definition) is 1. The highest BCUT2D eigenvalue weighted by atomic mass is 16.6. The van der Waals surface area contributed by atoms with Crippen molar-refractivity contribution in [3.63, 3.8) is 0 Å². The highest BCUT2D eigenvalue weighted by Gasteiger charge is 2.42. The maximum atomic E-state index is 11.8. The fraction of sp³-hybridized carbons (Fsp3) is 0.500. The first-order chi connectivity index (χ1) is 10.2. The van der Waals surface area contributed by atoms with Crippen LogP contribution in [0.4, 0.5) is 0 Å². The Bertz CT molecular complexity index is 552. The van der Waals surface area contributed by atoms with Gasteiger partial charge in [-0.3, -0.25) is 4.79 Å². The summed E-state index contributed by atoms with van der Waals surface area (Å²) in [5, 5.41) is 13.5. The largest absolute Gasteiger partial charge is 0.508 e. The number of hydrogen-bond acceptors (Lipinski definition) is 5. The van der Waals surface area contributed by atoms with Crippen LogP contribution >= 0.6 is 0 Å². The molecule has 1 heterocycles. The Hall–Kier alpha value is -2.04. The first-order valence-electron chi connectivity index (χ1n) is 7.29. The van der Waals surface area contributed by atoms with Crippen molar-refractivity contribution in [1.82, 2.24) is 0 Å². The van der Waals surface area contributed by atoms with E-state index in [1.807, 2.05) is 12.1 Å². The minimum absolute atomic E-state index is 0.0552. The van der Waals surface area contributed by atoms with Crippen LogP contribution in [0.3, 0.4) is 0 Å². The van der Waals surface area contributed by atoms with Crippen molar-refractivity contribution < 1.29 is 19.5 Å². The molecule has 1 saturated carbocycles. The average molecular weight is 289 g/mol. The number of carbonyl (C=O) groups is 1. The van der Waals surface area contributed by atoms with Crippen LogP contribution in [0.15, 0.2) is 29.4 Å². The molecule has 0 saturated heterocycles. The van der Waals surface area contributed by atoms with Gasteiger partial charge in [-0.1, -0.05) is 11.6 Å². The topological polar surface area (TPSA) is 68.1 Å². The number of benzene rings is 1. The fourth-order valence-corrected chi connectivity index (χ4v) is 3.33. The molecule has 1 aromatic rings. The molecule has 0 amide bonds. The molecule has 0 bridgehead atoms. The number of phenolic OH excluding ortho intramolecular Hbond substituents is 1. The molecule has 2 aliphatic rings. The molecule has 1 aliphatic carbocycles. The number of methoxy groups -OCH3 is 1. The van der Waals surface area contributed by atoms with E-state index in [0.29, 0.717) is 6.42 Å². The zero-order valence-electron chi connectivity index (χ0n) is 12.0.